The van der Waals surface area contributed by atoms with Gasteiger partial charge in [-0.3, -0.25) is 0 Å². The second kappa shape index (κ2) is 6.41. The van der Waals surface area contributed by atoms with Crippen molar-refractivity contribution in [3.05, 3.63) is 57.9 Å². The normalized spacial score (nSPS) is 10.5. The molecule has 0 atom stereocenters. The van der Waals surface area contributed by atoms with Crippen molar-refractivity contribution in [1.82, 2.24) is 4.98 Å². The SMILES string of the molecule is COC(=O)c1nc(I)c2cc(Oc3ccccc3)ccc2c1O. The minimum absolute atomic E-state index is 0.0962. The van der Waals surface area contributed by atoms with E-state index in [4.69, 9.17) is 4.74 Å². The third-order valence-corrected chi connectivity index (χ3v) is 4.08. The number of hydrogen-bond acceptors (Lipinski definition) is 5. The van der Waals surface area contributed by atoms with Crippen molar-refractivity contribution < 1.29 is 19.4 Å². The number of fused-ring (bicyclic) bond motifs is 1. The Balaban J connectivity index is 2.07. The highest BCUT2D eigenvalue weighted by atomic mass is 127. The first-order valence-electron chi connectivity index (χ1n) is 6.73. The number of halogens is 1. The maximum atomic E-state index is 11.7. The number of methoxy groups -OCH3 is 1. The zero-order valence-electron chi connectivity index (χ0n) is 12.1. The Hall–Kier alpha value is -2.35. The number of para-hydroxylation sites is 1. The average molecular weight is 421 g/mol. The molecule has 1 heterocycles. The summed E-state index contributed by atoms with van der Waals surface area (Å²) in [6.07, 6.45) is 0. The maximum absolute atomic E-state index is 11.7. The molecule has 0 radical (unpaired) electrons. The summed E-state index contributed by atoms with van der Waals surface area (Å²) in [6, 6.07) is 14.6. The molecule has 0 unspecified atom stereocenters. The summed E-state index contributed by atoms with van der Waals surface area (Å²) in [5.74, 6) is 0.462. The lowest BCUT2D eigenvalue weighted by Gasteiger charge is -2.10. The number of aromatic hydroxyl groups is 1. The molecule has 6 heteroatoms. The molecule has 0 amide bonds. The van der Waals surface area contributed by atoms with Crippen LogP contribution in [0.4, 0.5) is 0 Å². The summed E-state index contributed by atoms with van der Waals surface area (Å²) in [5, 5.41) is 11.5. The second-order valence-electron chi connectivity index (χ2n) is 4.71. The number of ether oxygens (including phenoxy) is 2. The minimum atomic E-state index is -0.674. The summed E-state index contributed by atoms with van der Waals surface area (Å²) in [6.45, 7) is 0. The summed E-state index contributed by atoms with van der Waals surface area (Å²) in [7, 11) is 1.25. The lowest BCUT2D eigenvalue weighted by Crippen LogP contribution is -2.06. The smallest absolute Gasteiger partial charge is 0.360 e. The zero-order chi connectivity index (χ0) is 16.4. The molecule has 0 aliphatic rings. The molecule has 1 aromatic heterocycles. The van der Waals surface area contributed by atoms with Crippen LogP contribution in [0.5, 0.6) is 17.2 Å². The highest BCUT2D eigenvalue weighted by molar-refractivity contribution is 14.1. The van der Waals surface area contributed by atoms with Crippen LogP contribution in [0.1, 0.15) is 10.5 Å². The quantitative estimate of drug-likeness (QED) is 0.392. The number of hydrogen-bond donors (Lipinski definition) is 1. The lowest BCUT2D eigenvalue weighted by atomic mass is 10.1. The van der Waals surface area contributed by atoms with E-state index in [0.29, 0.717) is 26.0 Å². The first kappa shape index (κ1) is 15.5. The van der Waals surface area contributed by atoms with Crippen molar-refractivity contribution in [3.8, 4) is 17.2 Å². The van der Waals surface area contributed by atoms with E-state index in [1.54, 1.807) is 18.2 Å². The molecule has 3 rings (SSSR count). The number of pyridine rings is 1. The van der Waals surface area contributed by atoms with Crippen molar-refractivity contribution >= 4 is 39.3 Å². The van der Waals surface area contributed by atoms with E-state index in [2.05, 4.69) is 9.72 Å². The topological polar surface area (TPSA) is 68.7 Å². The van der Waals surface area contributed by atoms with Gasteiger partial charge in [-0.15, -0.1) is 0 Å². The fourth-order valence-electron chi connectivity index (χ4n) is 2.17. The molecule has 0 aliphatic carbocycles. The molecule has 0 spiro atoms. The zero-order valence-corrected chi connectivity index (χ0v) is 14.3. The van der Waals surface area contributed by atoms with Gasteiger partial charge in [0.15, 0.2) is 11.4 Å². The molecule has 0 bridgehead atoms. The maximum Gasteiger partial charge on any atom is 0.360 e. The number of benzene rings is 2. The van der Waals surface area contributed by atoms with Crippen LogP contribution < -0.4 is 4.74 Å². The van der Waals surface area contributed by atoms with E-state index in [1.807, 2.05) is 52.9 Å². The number of carbonyl (C=O) groups is 1. The molecule has 1 N–H and O–H groups in total. The van der Waals surface area contributed by atoms with Gasteiger partial charge >= 0.3 is 5.97 Å². The summed E-state index contributed by atoms with van der Waals surface area (Å²) < 4.78 is 11.0. The second-order valence-corrected chi connectivity index (χ2v) is 5.74. The predicted molar refractivity (Wildman–Crippen MR) is 94.0 cm³/mol. The van der Waals surface area contributed by atoms with E-state index < -0.39 is 5.97 Å². The number of rotatable bonds is 3. The fourth-order valence-corrected chi connectivity index (χ4v) is 2.85. The van der Waals surface area contributed by atoms with Gasteiger partial charge in [0.05, 0.1) is 7.11 Å². The van der Waals surface area contributed by atoms with Crippen molar-refractivity contribution in [1.29, 1.82) is 0 Å². The molecule has 5 nitrogen and oxygen atoms in total. The van der Waals surface area contributed by atoms with Crippen LogP contribution in [0.25, 0.3) is 10.8 Å². The van der Waals surface area contributed by atoms with E-state index in [1.165, 1.54) is 7.11 Å². The van der Waals surface area contributed by atoms with Gasteiger partial charge in [-0.2, -0.15) is 0 Å². The third kappa shape index (κ3) is 3.07. The lowest BCUT2D eigenvalue weighted by molar-refractivity contribution is 0.0590. The highest BCUT2D eigenvalue weighted by Crippen LogP contribution is 2.34. The molecule has 0 saturated heterocycles. The molecule has 0 fully saturated rings. The van der Waals surface area contributed by atoms with Gasteiger partial charge in [-0.1, -0.05) is 18.2 Å². The van der Waals surface area contributed by atoms with E-state index >= 15 is 0 Å². The van der Waals surface area contributed by atoms with Crippen molar-refractivity contribution in [2.75, 3.05) is 7.11 Å². The Morgan fingerprint density at radius 1 is 1.09 bits per heavy atom. The molecule has 0 aliphatic heterocycles. The van der Waals surface area contributed by atoms with Crippen LogP contribution in [-0.4, -0.2) is 23.2 Å². The number of aromatic nitrogens is 1. The largest absolute Gasteiger partial charge is 0.505 e. The predicted octanol–water partition coefficient (Wildman–Crippen LogP) is 4.12. The Morgan fingerprint density at radius 2 is 1.83 bits per heavy atom. The van der Waals surface area contributed by atoms with Crippen molar-refractivity contribution in [2.24, 2.45) is 0 Å². The molecule has 2 aromatic carbocycles. The standard InChI is InChI=1S/C17H12INO4/c1-22-17(21)14-15(20)12-8-7-11(9-13(12)16(18)19-14)23-10-5-3-2-4-6-10/h2-9,20H,1H3. The monoisotopic (exact) mass is 421 g/mol. The summed E-state index contributed by atoms with van der Waals surface area (Å²) in [4.78, 5) is 15.8. The third-order valence-electron chi connectivity index (χ3n) is 3.26. The van der Waals surface area contributed by atoms with Gasteiger partial charge in [0, 0.05) is 10.8 Å². The van der Waals surface area contributed by atoms with Crippen molar-refractivity contribution in [2.45, 2.75) is 0 Å². The van der Waals surface area contributed by atoms with Gasteiger partial charge in [-0.05, 0) is 52.9 Å². The molecule has 3 aromatic rings. The fraction of sp³-hybridized carbons (Fsp3) is 0.0588. The Kier molecular flexibility index (Phi) is 4.33. The Labute approximate surface area is 146 Å². The Morgan fingerprint density at radius 3 is 2.52 bits per heavy atom. The first-order valence-corrected chi connectivity index (χ1v) is 7.81. The van der Waals surface area contributed by atoms with Crippen LogP contribution in [0.2, 0.25) is 0 Å². The van der Waals surface area contributed by atoms with Gasteiger partial charge in [-0.25, -0.2) is 9.78 Å². The highest BCUT2D eigenvalue weighted by Gasteiger charge is 2.19. The van der Waals surface area contributed by atoms with Crippen LogP contribution in [0.15, 0.2) is 48.5 Å². The van der Waals surface area contributed by atoms with Crippen LogP contribution in [-0.2, 0) is 4.74 Å². The van der Waals surface area contributed by atoms with E-state index in [0.717, 1.165) is 0 Å². The average Bonchev–Trinajstić information content (AvgIpc) is 2.58. The first-order chi connectivity index (χ1) is 11.1. The van der Waals surface area contributed by atoms with Crippen LogP contribution in [0.3, 0.4) is 0 Å². The van der Waals surface area contributed by atoms with Gasteiger partial charge in [0.2, 0.25) is 0 Å². The number of esters is 1. The summed E-state index contributed by atoms with van der Waals surface area (Å²) >= 11 is 2.01. The molecular formula is C17H12INO4. The molecular weight excluding hydrogens is 409 g/mol. The number of carbonyl (C=O) groups excluding carboxylic acids is 1. The molecule has 0 saturated carbocycles. The van der Waals surface area contributed by atoms with Gasteiger partial charge in [0.25, 0.3) is 0 Å². The van der Waals surface area contributed by atoms with Crippen LogP contribution in [0, 0.1) is 3.70 Å². The van der Waals surface area contributed by atoms with Gasteiger partial charge in [0.1, 0.15) is 15.2 Å². The molecule has 116 valence electrons. The van der Waals surface area contributed by atoms with Gasteiger partial charge < -0.3 is 14.6 Å². The van der Waals surface area contributed by atoms with Crippen LogP contribution >= 0.6 is 22.6 Å². The summed E-state index contributed by atoms with van der Waals surface area (Å²) in [5.41, 5.74) is -0.0962. The minimum Gasteiger partial charge on any atom is -0.505 e. The van der Waals surface area contributed by atoms with E-state index in [-0.39, 0.29) is 11.4 Å². The Bertz CT molecular complexity index is 881. The van der Waals surface area contributed by atoms with Crippen molar-refractivity contribution in [3.63, 3.8) is 0 Å². The van der Waals surface area contributed by atoms with E-state index in [9.17, 15) is 9.90 Å². The number of nitrogens with zero attached hydrogens (tertiary/aromatic N) is 1. The molecule has 23 heavy (non-hydrogen) atoms.